The maximum absolute atomic E-state index is 5.33. The van der Waals surface area contributed by atoms with Gasteiger partial charge in [0.05, 0.1) is 26.5 Å². The van der Waals surface area contributed by atoms with Gasteiger partial charge in [-0.2, -0.15) is 4.98 Å². The van der Waals surface area contributed by atoms with Crippen LogP contribution in [-0.2, 0) is 0 Å². The van der Waals surface area contributed by atoms with Crippen molar-refractivity contribution in [3.63, 3.8) is 0 Å². The summed E-state index contributed by atoms with van der Waals surface area (Å²) in [6.07, 6.45) is 5.09. The molecule has 1 atom stereocenters. The molecule has 1 N–H and O–H groups in total. The molecular formula is C14H18N4O2. The van der Waals surface area contributed by atoms with Crippen molar-refractivity contribution in [2.75, 3.05) is 20.8 Å². The second-order valence-corrected chi connectivity index (χ2v) is 4.08. The fraction of sp³-hybridized carbons (Fsp3) is 0.357. The zero-order chi connectivity index (χ0) is 14.4. The minimum Gasteiger partial charge on any atom is -0.480 e. The number of rotatable bonds is 6. The molecule has 6 heteroatoms. The Morgan fingerprint density at radius 1 is 1.20 bits per heavy atom. The molecule has 2 heterocycles. The zero-order valence-corrected chi connectivity index (χ0v) is 11.8. The summed E-state index contributed by atoms with van der Waals surface area (Å²) in [5.41, 5.74) is 1.78. The Hall–Kier alpha value is -2.21. The molecular weight excluding hydrogens is 256 g/mol. The molecule has 0 aromatic carbocycles. The summed E-state index contributed by atoms with van der Waals surface area (Å²) >= 11 is 0. The summed E-state index contributed by atoms with van der Waals surface area (Å²) in [5, 5.41) is 3.38. The van der Waals surface area contributed by atoms with Crippen LogP contribution in [0.15, 0.2) is 30.7 Å². The average molecular weight is 274 g/mol. The number of hydrogen-bond acceptors (Lipinski definition) is 6. The molecule has 0 saturated carbocycles. The minimum absolute atomic E-state index is 0.101. The van der Waals surface area contributed by atoms with Gasteiger partial charge in [-0.1, -0.05) is 6.92 Å². The fourth-order valence-corrected chi connectivity index (χ4v) is 1.95. The molecule has 0 bridgehead atoms. The first-order valence-corrected chi connectivity index (χ1v) is 6.38. The van der Waals surface area contributed by atoms with Gasteiger partial charge in [-0.15, -0.1) is 0 Å². The van der Waals surface area contributed by atoms with Gasteiger partial charge in [-0.05, 0) is 24.2 Å². The topological polar surface area (TPSA) is 69.2 Å². The molecule has 20 heavy (non-hydrogen) atoms. The third kappa shape index (κ3) is 3.03. The Labute approximate surface area is 118 Å². The van der Waals surface area contributed by atoms with Gasteiger partial charge in [0, 0.05) is 12.4 Å². The lowest BCUT2D eigenvalue weighted by Crippen LogP contribution is -2.24. The molecule has 6 nitrogen and oxygen atoms in total. The molecule has 0 amide bonds. The molecule has 0 aliphatic heterocycles. The Kier molecular flexibility index (Phi) is 4.84. The summed E-state index contributed by atoms with van der Waals surface area (Å²) in [6.45, 7) is 2.83. The Morgan fingerprint density at radius 3 is 2.55 bits per heavy atom. The van der Waals surface area contributed by atoms with Crippen LogP contribution in [0.4, 0.5) is 0 Å². The van der Waals surface area contributed by atoms with Gasteiger partial charge in [0.2, 0.25) is 11.8 Å². The van der Waals surface area contributed by atoms with Crippen LogP contribution in [0.5, 0.6) is 11.8 Å². The van der Waals surface area contributed by atoms with E-state index >= 15 is 0 Å². The van der Waals surface area contributed by atoms with Crippen LogP contribution in [-0.4, -0.2) is 35.7 Å². The van der Waals surface area contributed by atoms with Gasteiger partial charge in [0.15, 0.2) is 0 Å². The maximum Gasteiger partial charge on any atom is 0.240 e. The summed E-state index contributed by atoms with van der Waals surface area (Å²) in [6, 6.07) is 3.79. The molecule has 1 unspecified atom stereocenters. The molecule has 0 aliphatic rings. The van der Waals surface area contributed by atoms with Crippen LogP contribution >= 0.6 is 0 Å². The zero-order valence-electron chi connectivity index (χ0n) is 11.8. The quantitative estimate of drug-likeness (QED) is 0.862. The van der Waals surface area contributed by atoms with Gasteiger partial charge in [-0.3, -0.25) is 4.98 Å². The van der Waals surface area contributed by atoms with Crippen LogP contribution in [0, 0.1) is 0 Å². The van der Waals surface area contributed by atoms with E-state index in [2.05, 4.69) is 20.3 Å². The van der Waals surface area contributed by atoms with Crippen LogP contribution in [0.2, 0.25) is 0 Å². The van der Waals surface area contributed by atoms with Crippen molar-refractivity contribution >= 4 is 0 Å². The van der Waals surface area contributed by atoms with E-state index in [9.17, 15) is 0 Å². The first-order valence-electron chi connectivity index (χ1n) is 6.38. The van der Waals surface area contributed by atoms with E-state index in [0.717, 1.165) is 17.8 Å². The predicted octanol–water partition coefficient (Wildman–Crippen LogP) is 1.59. The van der Waals surface area contributed by atoms with E-state index in [-0.39, 0.29) is 6.04 Å². The summed E-state index contributed by atoms with van der Waals surface area (Å²) in [4.78, 5) is 12.7. The van der Waals surface area contributed by atoms with E-state index in [1.807, 2.05) is 19.1 Å². The van der Waals surface area contributed by atoms with E-state index < -0.39 is 0 Å². The molecule has 0 spiro atoms. The molecule has 2 rings (SSSR count). The number of hydrogen-bond donors (Lipinski definition) is 1. The summed E-state index contributed by atoms with van der Waals surface area (Å²) < 4.78 is 10.4. The van der Waals surface area contributed by atoms with Gasteiger partial charge in [-0.25, -0.2) is 4.98 Å². The lowest BCUT2D eigenvalue weighted by atomic mass is 10.1. The van der Waals surface area contributed by atoms with E-state index in [1.54, 1.807) is 32.8 Å². The second kappa shape index (κ2) is 6.81. The molecule has 0 radical (unpaired) electrons. The van der Waals surface area contributed by atoms with Crippen molar-refractivity contribution in [3.8, 4) is 11.8 Å². The third-order valence-corrected chi connectivity index (χ3v) is 2.87. The SMILES string of the molecule is CCNC(c1ccncc1)c1ncc(OC)nc1OC. The maximum atomic E-state index is 5.33. The van der Waals surface area contributed by atoms with E-state index in [0.29, 0.717) is 11.8 Å². The normalized spacial score (nSPS) is 11.9. The first kappa shape index (κ1) is 14.2. The van der Waals surface area contributed by atoms with Gasteiger partial charge >= 0.3 is 0 Å². The van der Waals surface area contributed by atoms with Crippen molar-refractivity contribution in [2.24, 2.45) is 0 Å². The molecule has 0 saturated heterocycles. The molecule has 2 aromatic heterocycles. The van der Waals surface area contributed by atoms with Gasteiger partial charge in [0.25, 0.3) is 0 Å². The standard InChI is InChI=1S/C14H18N4O2/c1-4-16-12(10-5-7-15-8-6-10)13-14(20-3)18-11(19-2)9-17-13/h5-9,12,16H,4H2,1-3H3. The van der Waals surface area contributed by atoms with Crippen LogP contribution < -0.4 is 14.8 Å². The van der Waals surface area contributed by atoms with Crippen LogP contribution in [0.1, 0.15) is 24.2 Å². The highest BCUT2D eigenvalue weighted by Crippen LogP contribution is 2.27. The van der Waals surface area contributed by atoms with Crippen molar-refractivity contribution in [2.45, 2.75) is 13.0 Å². The highest BCUT2D eigenvalue weighted by atomic mass is 16.5. The predicted molar refractivity (Wildman–Crippen MR) is 74.9 cm³/mol. The number of methoxy groups -OCH3 is 2. The Balaban J connectivity index is 2.44. The van der Waals surface area contributed by atoms with Crippen LogP contribution in [0.25, 0.3) is 0 Å². The molecule has 106 valence electrons. The first-order chi connectivity index (χ1) is 9.80. The van der Waals surface area contributed by atoms with E-state index in [4.69, 9.17) is 9.47 Å². The third-order valence-electron chi connectivity index (χ3n) is 2.87. The Bertz CT molecular complexity index is 548. The van der Waals surface area contributed by atoms with Gasteiger partial charge in [0.1, 0.15) is 5.69 Å². The number of pyridine rings is 1. The largest absolute Gasteiger partial charge is 0.480 e. The lowest BCUT2D eigenvalue weighted by molar-refractivity contribution is 0.352. The molecule has 0 aliphatic carbocycles. The molecule has 0 fully saturated rings. The second-order valence-electron chi connectivity index (χ2n) is 4.08. The van der Waals surface area contributed by atoms with Gasteiger partial charge < -0.3 is 14.8 Å². The van der Waals surface area contributed by atoms with Crippen LogP contribution in [0.3, 0.4) is 0 Å². The van der Waals surface area contributed by atoms with Crippen molar-refractivity contribution in [1.29, 1.82) is 0 Å². The Morgan fingerprint density at radius 2 is 1.95 bits per heavy atom. The highest BCUT2D eigenvalue weighted by molar-refractivity contribution is 5.33. The smallest absolute Gasteiger partial charge is 0.240 e. The van der Waals surface area contributed by atoms with Crippen molar-refractivity contribution in [1.82, 2.24) is 20.3 Å². The monoisotopic (exact) mass is 274 g/mol. The number of nitrogens with one attached hydrogen (secondary N) is 1. The number of aromatic nitrogens is 3. The summed E-state index contributed by atoms with van der Waals surface area (Å²) in [5.74, 6) is 0.877. The average Bonchev–Trinajstić information content (AvgIpc) is 2.53. The van der Waals surface area contributed by atoms with Crippen molar-refractivity contribution < 1.29 is 9.47 Å². The van der Waals surface area contributed by atoms with E-state index in [1.165, 1.54) is 0 Å². The molecule has 2 aromatic rings. The minimum atomic E-state index is -0.101. The van der Waals surface area contributed by atoms with Crippen molar-refractivity contribution in [3.05, 3.63) is 42.0 Å². The lowest BCUT2D eigenvalue weighted by Gasteiger charge is -2.19. The summed E-state index contributed by atoms with van der Waals surface area (Å²) in [7, 11) is 3.12. The highest BCUT2D eigenvalue weighted by Gasteiger charge is 2.20. The fourth-order valence-electron chi connectivity index (χ4n) is 1.95. The number of nitrogens with zero attached hydrogens (tertiary/aromatic N) is 3. The number of ether oxygens (including phenoxy) is 2.